The van der Waals surface area contributed by atoms with Gasteiger partial charge in [-0.1, -0.05) is 0 Å². The van der Waals surface area contributed by atoms with Gasteiger partial charge in [-0.3, -0.25) is 9.89 Å². The van der Waals surface area contributed by atoms with Crippen LogP contribution in [-0.2, 0) is 14.8 Å². The average molecular weight is 366 g/mol. The lowest BCUT2D eigenvalue weighted by Crippen LogP contribution is -2.33. The van der Waals surface area contributed by atoms with E-state index in [0.29, 0.717) is 22.8 Å². The molecule has 3 N–H and O–H groups in total. The number of carbonyl (C=O) groups is 1. The van der Waals surface area contributed by atoms with Gasteiger partial charge in [0.2, 0.25) is 15.9 Å². The summed E-state index contributed by atoms with van der Waals surface area (Å²) in [5.41, 5.74) is 1.33. The van der Waals surface area contributed by atoms with Gasteiger partial charge in [-0.05, 0) is 52.0 Å². The number of sulfonamides is 1. The molecule has 2 aromatic rings. The highest BCUT2D eigenvalue weighted by molar-refractivity contribution is 7.89. The molecular formula is C16H22N4O4S. The Kier molecular flexibility index (Phi) is 5.81. The van der Waals surface area contributed by atoms with Crippen LogP contribution in [0.1, 0.15) is 25.2 Å². The molecule has 136 valence electrons. The Balaban J connectivity index is 1.94. The van der Waals surface area contributed by atoms with E-state index in [2.05, 4.69) is 20.2 Å². The molecule has 9 heteroatoms. The van der Waals surface area contributed by atoms with E-state index in [-0.39, 0.29) is 17.5 Å². The monoisotopic (exact) mass is 366 g/mol. The van der Waals surface area contributed by atoms with Crippen molar-refractivity contribution in [3.63, 3.8) is 0 Å². The summed E-state index contributed by atoms with van der Waals surface area (Å²) >= 11 is 0. The van der Waals surface area contributed by atoms with Crippen LogP contribution in [-0.4, -0.2) is 37.2 Å². The van der Waals surface area contributed by atoms with Gasteiger partial charge in [-0.15, -0.1) is 0 Å². The number of aryl methyl sites for hydroxylation is 2. The molecule has 0 spiro atoms. The van der Waals surface area contributed by atoms with E-state index in [1.54, 1.807) is 38.1 Å². The van der Waals surface area contributed by atoms with Crippen molar-refractivity contribution in [1.82, 2.24) is 14.9 Å². The molecular weight excluding hydrogens is 344 g/mol. The smallest absolute Gasteiger partial charge is 0.244 e. The summed E-state index contributed by atoms with van der Waals surface area (Å²) in [7, 11) is -3.81. The number of H-pyrrole nitrogens is 1. The van der Waals surface area contributed by atoms with E-state index >= 15 is 0 Å². The minimum atomic E-state index is -3.81. The topological polar surface area (TPSA) is 113 Å². The van der Waals surface area contributed by atoms with E-state index in [4.69, 9.17) is 4.74 Å². The molecule has 1 aromatic heterocycles. The number of amides is 1. The maximum atomic E-state index is 12.3. The van der Waals surface area contributed by atoms with Crippen molar-refractivity contribution >= 4 is 21.6 Å². The third-order valence-corrected chi connectivity index (χ3v) is 4.93. The highest BCUT2D eigenvalue weighted by atomic mass is 32.2. The molecule has 0 saturated heterocycles. The van der Waals surface area contributed by atoms with Gasteiger partial charge in [0.1, 0.15) is 10.6 Å². The van der Waals surface area contributed by atoms with Gasteiger partial charge < -0.3 is 10.1 Å². The van der Waals surface area contributed by atoms with Crippen molar-refractivity contribution in [3.05, 3.63) is 35.7 Å². The van der Waals surface area contributed by atoms with Crippen LogP contribution in [0.4, 0.5) is 5.69 Å². The molecule has 2 rings (SSSR count). The lowest BCUT2D eigenvalue weighted by Gasteiger charge is -2.11. The van der Waals surface area contributed by atoms with Crippen molar-refractivity contribution in [2.75, 3.05) is 11.9 Å². The molecule has 1 heterocycles. The number of nitrogens with zero attached hydrogens (tertiary/aromatic N) is 1. The molecule has 1 amide bonds. The van der Waals surface area contributed by atoms with Gasteiger partial charge in [0.15, 0.2) is 0 Å². The molecule has 0 fully saturated rings. The van der Waals surface area contributed by atoms with Crippen molar-refractivity contribution in [3.8, 4) is 5.75 Å². The average Bonchev–Trinajstić information content (AvgIpc) is 2.86. The first-order valence-electron chi connectivity index (χ1n) is 7.77. The molecule has 25 heavy (non-hydrogen) atoms. The van der Waals surface area contributed by atoms with Crippen LogP contribution in [0, 0.1) is 13.8 Å². The summed E-state index contributed by atoms with van der Waals surface area (Å²) in [5, 5.41) is 9.08. The van der Waals surface area contributed by atoms with Crippen molar-refractivity contribution in [2.24, 2.45) is 0 Å². The van der Waals surface area contributed by atoms with E-state index in [9.17, 15) is 13.2 Å². The van der Waals surface area contributed by atoms with Crippen LogP contribution >= 0.6 is 0 Å². The molecule has 0 atom stereocenters. The molecule has 0 aliphatic rings. The van der Waals surface area contributed by atoms with Crippen LogP contribution in [0.15, 0.2) is 29.2 Å². The van der Waals surface area contributed by atoms with Crippen LogP contribution in [0.3, 0.4) is 0 Å². The largest absolute Gasteiger partial charge is 0.491 e. The first kappa shape index (κ1) is 18.9. The van der Waals surface area contributed by atoms with E-state index in [1.807, 2.05) is 13.8 Å². The van der Waals surface area contributed by atoms with Gasteiger partial charge >= 0.3 is 0 Å². The van der Waals surface area contributed by atoms with Crippen LogP contribution in [0.25, 0.3) is 0 Å². The first-order valence-corrected chi connectivity index (χ1v) is 9.25. The first-order chi connectivity index (χ1) is 11.7. The highest BCUT2D eigenvalue weighted by Gasteiger charge is 2.22. The third kappa shape index (κ3) is 5.04. The molecule has 0 unspecified atom stereocenters. The second-order valence-electron chi connectivity index (χ2n) is 5.83. The Bertz CT molecular complexity index is 822. The molecule has 0 saturated carbocycles. The number of hydrogen-bond donors (Lipinski definition) is 3. The molecule has 1 aromatic carbocycles. The quantitative estimate of drug-likeness (QED) is 0.691. The van der Waals surface area contributed by atoms with Crippen LogP contribution in [0.2, 0.25) is 0 Å². The number of benzene rings is 1. The molecule has 0 aliphatic carbocycles. The summed E-state index contributed by atoms with van der Waals surface area (Å²) in [6.07, 6.45) is 0.0599. The Morgan fingerprint density at radius 1 is 1.24 bits per heavy atom. The Morgan fingerprint density at radius 2 is 1.88 bits per heavy atom. The maximum absolute atomic E-state index is 12.3. The number of hydrogen-bond acceptors (Lipinski definition) is 5. The summed E-state index contributed by atoms with van der Waals surface area (Å²) in [6.45, 7) is 6.65. The Hall–Kier alpha value is -2.39. The summed E-state index contributed by atoms with van der Waals surface area (Å²) in [6, 6.07) is 6.85. The van der Waals surface area contributed by atoms with Gasteiger partial charge in [0, 0.05) is 5.69 Å². The fourth-order valence-electron chi connectivity index (χ4n) is 2.26. The summed E-state index contributed by atoms with van der Waals surface area (Å²) in [5.74, 6) is 0.222. The van der Waals surface area contributed by atoms with Gasteiger partial charge in [-0.25, -0.2) is 13.1 Å². The number of ether oxygens (including phenoxy) is 1. The SMILES string of the molecule is Cc1n[nH]c(C)c1S(=O)(=O)NCC(=O)Nc1ccc(OC(C)C)cc1. The molecule has 0 bridgehead atoms. The molecule has 0 radical (unpaired) electrons. The highest BCUT2D eigenvalue weighted by Crippen LogP contribution is 2.17. The zero-order valence-corrected chi connectivity index (χ0v) is 15.4. The zero-order chi connectivity index (χ0) is 18.6. The second kappa shape index (κ2) is 7.66. The third-order valence-electron chi connectivity index (χ3n) is 3.26. The number of carbonyl (C=O) groups excluding carboxylic acids is 1. The van der Waals surface area contributed by atoms with E-state index < -0.39 is 15.9 Å². The predicted molar refractivity (Wildman–Crippen MR) is 94.1 cm³/mol. The minimum absolute atomic E-state index is 0.0599. The van der Waals surface area contributed by atoms with Crippen molar-refractivity contribution < 1.29 is 17.9 Å². The van der Waals surface area contributed by atoms with E-state index in [1.165, 1.54) is 0 Å². The van der Waals surface area contributed by atoms with Crippen LogP contribution in [0.5, 0.6) is 5.75 Å². The number of aromatic nitrogens is 2. The zero-order valence-electron chi connectivity index (χ0n) is 14.6. The lowest BCUT2D eigenvalue weighted by molar-refractivity contribution is -0.115. The van der Waals surface area contributed by atoms with E-state index in [0.717, 1.165) is 0 Å². The Labute approximate surface area is 147 Å². The second-order valence-corrected chi connectivity index (χ2v) is 7.53. The number of anilines is 1. The Morgan fingerprint density at radius 3 is 2.40 bits per heavy atom. The summed E-state index contributed by atoms with van der Waals surface area (Å²) < 4.78 is 32.3. The van der Waals surface area contributed by atoms with Crippen molar-refractivity contribution in [2.45, 2.75) is 38.7 Å². The number of aromatic amines is 1. The van der Waals surface area contributed by atoms with Crippen LogP contribution < -0.4 is 14.8 Å². The minimum Gasteiger partial charge on any atom is -0.491 e. The fraction of sp³-hybridized carbons (Fsp3) is 0.375. The lowest BCUT2D eigenvalue weighted by atomic mass is 10.3. The van der Waals surface area contributed by atoms with Gasteiger partial charge in [-0.2, -0.15) is 5.10 Å². The molecule has 8 nitrogen and oxygen atoms in total. The van der Waals surface area contributed by atoms with Gasteiger partial charge in [0.25, 0.3) is 0 Å². The predicted octanol–water partition coefficient (Wildman–Crippen LogP) is 1.73. The standard InChI is InChI=1S/C16H22N4O4S/c1-10(2)24-14-7-5-13(6-8-14)18-15(21)9-17-25(22,23)16-11(3)19-20-12(16)4/h5-8,10,17H,9H2,1-4H3,(H,18,21)(H,19,20). The normalized spacial score (nSPS) is 11.6. The molecule has 0 aliphatic heterocycles. The van der Waals surface area contributed by atoms with Gasteiger partial charge in [0.05, 0.1) is 24.0 Å². The maximum Gasteiger partial charge on any atom is 0.244 e. The van der Waals surface area contributed by atoms with Crippen molar-refractivity contribution in [1.29, 1.82) is 0 Å². The number of rotatable bonds is 7. The fourth-order valence-corrected chi connectivity index (χ4v) is 3.61. The number of nitrogens with one attached hydrogen (secondary N) is 3. The summed E-state index contributed by atoms with van der Waals surface area (Å²) in [4.78, 5) is 12.0.